The molecule has 5 rings (SSSR count). The molecule has 3 amide bonds. The Balaban J connectivity index is 0.000000256. The fourth-order valence-electron chi connectivity index (χ4n) is 4.69. The van der Waals surface area contributed by atoms with Crippen LogP contribution in [-0.2, 0) is 25.6 Å². The van der Waals surface area contributed by atoms with E-state index in [4.69, 9.17) is 5.11 Å². The van der Waals surface area contributed by atoms with Crippen LogP contribution in [0.3, 0.4) is 0 Å². The van der Waals surface area contributed by atoms with Crippen LogP contribution in [0.15, 0.2) is 12.4 Å². The molecule has 36 heavy (non-hydrogen) atoms. The van der Waals surface area contributed by atoms with Crippen molar-refractivity contribution < 1.29 is 24.3 Å². The van der Waals surface area contributed by atoms with Gasteiger partial charge in [0.05, 0.1) is 5.39 Å². The van der Waals surface area contributed by atoms with Gasteiger partial charge in [0.1, 0.15) is 28.8 Å². The van der Waals surface area contributed by atoms with Crippen molar-refractivity contribution in [3.05, 3.63) is 17.3 Å². The number of rotatable bonds is 4. The van der Waals surface area contributed by atoms with E-state index in [2.05, 4.69) is 38.5 Å². The lowest BCUT2D eigenvalue weighted by molar-refractivity contribution is -0.148. The molecule has 3 N–H and O–H groups in total. The van der Waals surface area contributed by atoms with E-state index in [9.17, 15) is 19.2 Å². The standard InChI is InChI=1S/C18H23N5O2S.C6H9NO3/c1-2-12-10-14-15(20-11-21-17(14)26-12)22-6-8-23(9-7-22)18(25)13-4-3-5-19-16(13)24;8-5-4(6(9)10)2-1-3-7-5/h10-11,13H,2-9H2,1H3,(H,19,24);4H,1-3H2,(H,7,8)(H,9,10). The number of anilines is 1. The fraction of sp³-hybridized carbons (Fsp3) is 0.583. The highest BCUT2D eigenvalue weighted by atomic mass is 32.1. The Morgan fingerprint density at radius 2 is 1.67 bits per heavy atom. The minimum Gasteiger partial charge on any atom is -0.481 e. The lowest BCUT2D eigenvalue weighted by Gasteiger charge is -2.37. The van der Waals surface area contributed by atoms with Gasteiger partial charge >= 0.3 is 5.97 Å². The van der Waals surface area contributed by atoms with Gasteiger partial charge in [-0.05, 0) is 38.2 Å². The highest BCUT2D eigenvalue weighted by molar-refractivity contribution is 7.18. The summed E-state index contributed by atoms with van der Waals surface area (Å²) in [6.07, 6.45) is 5.39. The van der Waals surface area contributed by atoms with Crippen LogP contribution in [0, 0.1) is 11.8 Å². The van der Waals surface area contributed by atoms with Gasteiger partial charge in [-0.3, -0.25) is 19.2 Å². The first kappa shape index (κ1) is 25.8. The molecule has 12 heteroatoms. The average Bonchev–Trinajstić information content (AvgIpc) is 3.33. The molecule has 3 aliphatic heterocycles. The van der Waals surface area contributed by atoms with Gasteiger partial charge in [-0.2, -0.15) is 0 Å². The number of nitrogens with one attached hydrogen (secondary N) is 2. The first-order valence-electron chi connectivity index (χ1n) is 12.4. The second kappa shape index (κ2) is 11.6. The summed E-state index contributed by atoms with van der Waals surface area (Å²) >= 11 is 1.71. The van der Waals surface area contributed by atoms with Gasteiger partial charge < -0.3 is 25.5 Å². The third-order valence-electron chi connectivity index (χ3n) is 6.77. The molecule has 2 unspecified atom stereocenters. The second-order valence-corrected chi connectivity index (χ2v) is 10.2. The van der Waals surface area contributed by atoms with Crippen molar-refractivity contribution in [1.29, 1.82) is 0 Å². The molecular weight excluding hydrogens is 484 g/mol. The second-order valence-electron chi connectivity index (χ2n) is 9.10. The largest absolute Gasteiger partial charge is 0.481 e. The number of hydrogen-bond donors (Lipinski definition) is 3. The number of carbonyl (C=O) groups is 4. The Bertz CT molecular complexity index is 1130. The van der Waals surface area contributed by atoms with Crippen molar-refractivity contribution in [3.8, 4) is 0 Å². The number of nitrogens with zero attached hydrogens (tertiary/aromatic N) is 4. The Morgan fingerprint density at radius 1 is 1.03 bits per heavy atom. The number of fused-ring (bicyclic) bond motifs is 1. The molecule has 3 fully saturated rings. The summed E-state index contributed by atoms with van der Waals surface area (Å²) in [7, 11) is 0. The minimum atomic E-state index is -1.02. The third kappa shape index (κ3) is 5.75. The number of aromatic nitrogens is 2. The Morgan fingerprint density at radius 3 is 2.22 bits per heavy atom. The summed E-state index contributed by atoms with van der Waals surface area (Å²) in [5, 5.41) is 14.8. The maximum atomic E-state index is 12.7. The third-order valence-corrected chi connectivity index (χ3v) is 7.95. The van der Waals surface area contributed by atoms with E-state index >= 15 is 0 Å². The Hall–Kier alpha value is -3.28. The molecule has 11 nitrogen and oxygen atoms in total. The van der Waals surface area contributed by atoms with E-state index in [0.717, 1.165) is 48.4 Å². The van der Waals surface area contributed by atoms with E-state index in [0.29, 0.717) is 39.0 Å². The van der Waals surface area contributed by atoms with Crippen LogP contribution in [0.1, 0.15) is 37.5 Å². The van der Waals surface area contributed by atoms with Crippen molar-refractivity contribution in [2.24, 2.45) is 11.8 Å². The number of aryl methyl sites for hydroxylation is 1. The summed E-state index contributed by atoms with van der Waals surface area (Å²) in [6, 6.07) is 2.18. The first-order chi connectivity index (χ1) is 17.4. The molecule has 0 radical (unpaired) electrons. The minimum absolute atomic E-state index is 0.0292. The number of carboxylic acid groups (broad SMARTS) is 1. The van der Waals surface area contributed by atoms with Crippen LogP contribution < -0.4 is 15.5 Å². The van der Waals surface area contributed by atoms with Crippen LogP contribution in [0.4, 0.5) is 5.82 Å². The summed E-state index contributed by atoms with van der Waals surface area (Å²) in [6.45, 7) is 6.14. The fourth-order valence-corrected chi connectivity index (χ4v) is 5.62. The molecule has 0 saturated carbocycles. The summed E-state index contributed by atoms with van der Waals surface area (Å²) in [5.74, 6) is -1.88. The zero-order valence-corrected chi connectivity index (χ0v) is 21.2. The molecule has 3 aliphatic rings. The Kier molecular flexibility index (Phi) is 8.34. The van der Waals surface area contributed by atoms with Gasteiger partial charge in [-0.1, -0.05) is 6.92 Å². The molecule has 2 atom stereocenters. The molecule has 2 aromatic rings. The molecule has 0 aliphatic carbocycles. The van der Waals surface area contributed by atoms with E-state index < -0.39 is 17.8 Å². The number of aliphatic carboxylic acids is 1. The number of hydrogen-bond acceptors (Lipinski definition) is 8. The van der Waals surface area contributed by atoms with Crippen LogP contribution in [-0.4, -0.2) is 82.9 Å². The zero-order valence-electron chi connectivity index (χ0n) is 20.4. The van der Waals surface area contributed by atoms with Crippen LogP contribution in [0.2, 0.25) is 0 Å². The normalized spacial score (nSPS) is 22.4. The number of carbonyl (C=O) groups excluding carboxylic acids is 3. The van der Waals surface area contributed by atoms with Gasteiger partial charge in [-0.15, -0.1) is 11.3 Å². The topological polar surface area (TPSA) is 145 Å². The number of piperidine rings is 2. The highest BCUT2D eigenvalue weighted by Gasteiger charge is 2.34. The lowest BCUT2D eigenvalue weighted by atomic mass is 9.97. The number of carboxylic acids is 1. The number of thiophene rings is 1. The van der Waals surface area contributed by atoms with Crippen molar-refractivity contribution >= 4 is 51.1 Å². The van der Waals surface area contributed by atoms with Crippen LogP contribution in [0.25, 0.3) is 10.2 Å². The average molecular weight is 517 g/mol. The molecular formula is C24H32N6O5S. The van der Waals surface area contributed by atoms with Crippen LogP contribution in [0.5, 0.6) is 0 Å². The Labute approximate surface area is 213 Å². The quantitative estimate of drug-likeness (QED) is 0.511. The lowest BCUT2D eigenvalue weighted by Crippen LogP contribution is -2.53. The predicted octanol–water partition coefficient (Wildman–Crippen LogP) is 1.03. The summed E-state index contributed by atoms with van der Waals surface area (Å²) in [4.78, 5) is 61.0. The molecule has 0 bridgehead atoms. The van der Waals surface area contributed by atoms with E-state index in [1.165, 1.54) is 4.88 Å². The van der Waals surface area contributed by atoms with Gasteiger partial charge in [0.2, 0.25) is 17.7 Å². The predicted molar refractivity (Wildman–Crippen MR) is 135 cm³/mol. The van der Waals surface area contributed by atoms with Crippen molar-refractivity contribution in [2.75, 3.05) is 44.2 Å². The number of piperazine rings is 1. The van der Waals surface area contributed by atoms with E-state index in [1.807, 2.05) is 4.90 Å². The molecule has 0 aromatic carbocycles. The maximum Gasteiger partial charge on any atom is 0.316 e. The molecule has 194 valence electrons. The van der Waals surface area contributed by atoms with Crippen molar-refractivity contribution in [3.63, 3.8) is 0 Å². The van der Waals surface area contributed by atoms with Crippen molar-refractivity contribution in [2.45, 2.75) is 39.0 Å². The highest BCUT2D eigenvalue weighted by Crippen LogP contribution is 2.31. The summed E-state index contributed by atoms with van der Waals surface area (Å²) in [5.41, 5.74) is 0. The van der Waals surface area contributed by atoms with Crippen LogP contribution >= 0.6 is 11.3 Å². The van der Waals surface area contributed by atoms with E-state index in [-0.39, 0.29) is 17.7 Å². The molecule has 5 heterocycles. The smallest absolute Gasteiger partial charge is 0.316 e. The van der Waals surface area contributed by atoms with E-state index in [1.54, 1.807) is 17.7 Å². The van der Waals surface area contributed by atoms with Crippen molar-refractivity contribution in [1.82, 2.24) is 25.5 Å². The number of amides is 3. The molecule has 2 aromatic heterocycles. The van der Waals surface area contributed by atoms with Gasteiger partial charge in [0.25, 0.3) is 0 Å². The first-order valence-corrected chi connectivity index (χ1v) is 13.3. The molecule has 0 spiro atoms. The monoisotopic (exact) mass is 516 g/mol. The SMILES string of the molecule is CCc1cc2c(N3CCN(C(=O)C4CCCNC4=O)CC3)ncnc2s1.O=C(O)C1CCCNC1=O. The molecule has 3 saturated heterocycles. The van der Waals surface area contributed by atoms with Gasteiger partial charge in [-0.25, -0.2) is 9.97 Å². The maximum absolute atomic E-state index is 12.7. The van der Waals surface area contributed by atoms with Gasteiger partial charge in [0, 0.05) is 44.1 Å². The summed E-state index contributed by atoms with van der Waals surface area (Å²) < 4.78 is 0. The van der Waals surface area contributed by atoms with Gasteiger partial charge in [0.15, 0.2) is 0 Å². The zero-order chi connectivity index (χ0) is 25.7.